The Bertz CT molecular complexity index is 834. The van der Waals surface area contributed by atoms with E-state index in [1.807, 2.05) is 48.2 Å². The molecular formula is C23H30N4O2. The number of nitrogens with zero attached hydrogens (tertiary/aromatic N) is 4. The first kappa shape index (κ1) is 19.8. The van der Waals surface area contributed by atoms with Gasteiger partial charge in [0.25, 0.3) is 0 Å². The third-order valence-electron chi connectivity index (χ3n) is 6.06. The first-order valence-corrected chi connectivity index (χ1v) is 10.7. The SMILES string of the molecule is CC(=O)N1CCC(N2CCC[C@H](c3nc(C)cc(Oc4ccccc4)n3)C2)CC1. The molecule has 154 valence electrons. The summed E-state index contributed by atoms with van der Waals surface area (Å²) in [7, 11) is 0. The van der Waals surface area contributed by atoms with Crippen molar-refractivity contribution in [1.29, 1.82) is 0 Å². The predicted molar refractivity (Wildman–Crippen MR) is 112 cm³/mol. The lowest BCUT2D eigenvalue weighted by Gasteiger charge is -2.42. The molecule has 0 spiro atoms. The Morgan fingerprint density at radius 3 is 2.55 bits per heavy atom. The van der Waals surface area contributed by atoms with Gasteiger partial charge in [-0.1, -0.05) is 18.2 Å². The van der Waals surface area contributed by atoms with E-state index in [1.165, 1.54) is 0 Å². The quantitative estimate of drug-likeness (QED) is 0.790. The van der Waals surface area contributed by atoms with E-state index in [-0.39, 0.29) is 5.91 Å². The standard InChI is InChI=1S/C23H30N4O2/c1-17-15-22(29-21-8-4-3-5-9-21)25-23(24-17)19-7-6-12-27(16-19)20-10-13-26(14-11-20)18(2)28/h3-5,8-9,15,19-20H,6-7,10-14,16H2,1-2H3/t19-/m0/s1. The fraction of sp³-hybridized carbons (Fsp3) is 0.522. The molecule has 1 atom stereocenters. The number of likely N-dealkylation sites (tertiary alicyclic amines) is 2. The van der Waals surface area contributed by atoms with E-state index in [0.717, 1.165) is 69.1 Å². The smallest absolute Gasteiger partial charge is 0.222 e. The fourth-order valence-electron chi connectivity index (χ4n) is 4.50. The fourth-order valence-corrected chi connectivity index (χ4v) is 4.50. The summed E-state index contributed by atoms with van der Waals surface area (Å²) in [4.78, 5) is 25.7. The lowest BCUT2D eigenvalue weighted by Crippen LogP contribution is -2.49. The summed E-state index contributed by atoms with van der Waals surface area (Å²) in [6.07, 6.45) is 4.38. The molecule has 2 saturated heterocycles. The Labute approximate surface area is 172 Å². The van der Waals surface area contributed by atoms with Gasteiger partial charge >= 0.3 is 0 Å². The minimum Gasteiger partial charge on any atom is -0.439 e. The molecule has 6 nitrogen and oxygen atoms in total. The lowest BCUT2D eigenvalue weighted by molar-refractivity contribution is -0.130. The van der Waals surface area contributed by atoms with Crippen LogP contribution in [0.25, 0.3) is 0 Å². The van der Waals surface area contributed by atoms with Gasteiger partial charge in [0.05, 0.1) is 0 Å². The molecule has 1 amide bonds. The van der Waals surface area contributed by atoms with Gasteiger partial charge in [-0.15, -0.1) is 0 Å². The Kier molecular flexibility index (Phi) is 6.09. The number of amides is 1. The number of hydrogen-bond donors (Lipinski definition) is 0. The number of ether oxygens (including phenoxy) is 1. The van der Waals surface area contributed by atoms with Crippen LogP contribution >= 0.6 is 0 Å². The molecule has 0 radical (unpaired) electrons. The predicted octanol–water partition coefficient (Wildman–Crippen LogP) is 3.77. The number of para-hydroxylation sites is 1. The number of aromatic nitrogens is 2. The highest BCUT2D eigenvalue weighted by Gasteiger charge is 2.31. The number of carbonyl (C=O) groups is 1. The van der Waals surface area contributed by atoms with E-state index < -0.39 is 0 Å². The van der Waals surface area contributed by atoms with Crippen LogP contribution in [-0.2, 0) is 4.79 Å². The maximum Gasteiger partial charge on any atom is 0.222 e. The minimum atomic E-state index is 0.194. The van der Waals surface area contributed by atoms with Crippen molar-refractivity contribution in [2.45, 2.75) is 51.5 Å². The summed E-state index contributed by atoms with van der Waals surface area (Å²) in [5.74, 6) is 2.82. The van der Waals surface area contributed by atoms with Gasteiger partial charge in [0.2, 0.25) is 11.8 Å². The monoisotopic (exact) mass is 394 g/mol. The minimum absolute atomic E-state index is 0.194. The van der Waals surface area contributed by atoms with Gasteiger partial charge < -0.3 is 9.64 Å². The summed E-state index contributed by atoms with van der Waals surface area (Å²) in [5.41, 5.74) is 0.938. The number of hydrogen-bond acceptors (Lipinski definition) is 5. The molecule has 2 fully saturated rings. The van der Waals surface area contributed by atoms with Crippen molar-refractivity contribution in [3.05, 3.63) is 47.9 Å². The second-order valence-electron chi connectivity index (χ2n) is 8.19. The van der Waals surface area contributed by atoms with Crippen molar-refractivity contribution >= 4 is 5.91 Å². The first-order valence-electron chi connectivity index (χ1n) is 10.7. The van der Waals surface area contributed by atoms with Crippen LogP contribution in [0.1, 0.15) is 50.0 Å². The molecule has 6 heteroatoms. The van der Waals surface area contributed by atoms with Crippen molar-refractivity contribution in [2.75, 3.05) is 26.2 Å². The van der Waals surface area contributed by atoms with Gasteiger partial charge in [-0.05, 0) is 51.3 Å². The van der Waals surface area contributed by atoms with Crippen molar-refractivity contribution in [1.82, 2.24) is 19.8 Å². The van der Waals surface area contributed by atoms with Crippen molar-refractivity contribution in [2.24, 2.45) is 0 Å². The highest BCUT2D eigenvalue weighted by molar-refractivity contribution is 5.73. The van der Waals surface area contributed by atoms with Crippen LogP contribution in [0.5, 0.6) is 11.6 Å². The molecule has 2 aromatic rings. The number of carbonyl (C=O) groups excluding carboxylic acids is 1. The zero-order valence-corrected chi connectivity index (χ0v) is 17.4. The molecular weight excluding hydrogens is 364 g/mol. The molecule has 2 aliphatic heterocycles. The summed E-state index contributed by atoms with van der Waals surface area (Å²) < 4.78 is 5.97. The molecule has 1 aromatic carbocycles. The summed E-state index contributed by atoms with van der Waals surface area (Å²) >= 11 is 0. The Hall–Kier alpha value is -2.47. The van der Waals surface area contributed by atoms with Gasteiger partial charge in [-0.3, -0.25) is 9.69 Å². The van der Waals surface area contributed by atoms with Gasteiger partial charge in [-0.25, -0.2) is 4.98 Å². The van der Waals surface area contributed by atoms with Crippen LogP contribution in [0, 0.1) is 6.92 Å². The molecule has 0 unspecified atom stereocenters. The van der Waals surface area contributed by atoms with Crippen LogP contribution in [0.4, 0.5) is 0 Å². The van der Waals surface area contributed by atoms with Crippen molar-refractivity contribution in [3.63, 3.8) is 0 Å². The van der Waals surface area contributed by atoms with Crippen LogP contribution < -0.4 is 4.74 Å². The van der Waals surface area contributed by atoms with E-state index in [0.29, 0.717) is 17.8 Å². The Morgan fingerprint density at radius 1 is 1.07 bits per heavy atom. The number of rotatable bonds is 4. The number of aryl methyl sites for hydroxylation is 1. The third kappa shape index (κ3) is 4.93. The topological polar surface area (TPSA) is 58.6 Å². The zero-order chi connectivity index (χ0) is 20.2. The van der Waals surface area contributed by atoms with Crippen LogP contribution in [0.2, 0.25) is 0 Å². The third-order valence-corrected chi connectivity index (χ3v) is 6.06. The molecule has 0 N–H and O–H groups in total. The maximum atomic E-state index is 11.6. The van der Waals surface area contributed by atoms with Gasteiger partial charge in [0.15, 0.2) is 0 Å². The van der Waals surface area contributed by atoms with Gasteiger partial charge in [0.1, 0.15) is 11.6 Å². The van der Waals surface area contributed by atoms with E-state index in [2.05, 4.69) is 4.90 Å². The van der Waals surface area contributed by atoms with E-state index in [9.17, 15) is 4.79 Å². The van der Waals surface area contributed by atoms with E-state index in [1.54, 1.807) is 6.92 Å². The molecule has 0 saturated carbocycles. The van der Waals surface area contributed by atoms with E-state index in [4.69, 9.17) is 14.7 Å². The molecule has 2 aliphatic rings. The molecule has 29 heavy (non-hydrogen) atoms. The van der Waals surface area contributed by atoms with Gasteiger partial charge in [0, 0.05) is 50.3 Å². The van der Waals surface area contributed by atoms with Crippen molar-refractivity contribution in [3.8, 4) is 11.6 Å². The second kappa shape index (κ2) is 8.91. The number of benzene rings is 1. The molecule has 3 heterocycles. The Balaban J connectivity index is 1.43. The largest absolute Gasteiger partial charge is 0.439 e. The summed E-state index contributed by atoms with van der Waals surface area (Å²) in [5, 5.41) is 0. The van der Waals surface area contributed by atoms with Gasteiger partial charge in [-0.2, -0.15) is 4.98 Å². The molecule has 0 aliphatic carbocycles. The average molecular weight is 395 g/mol. The van der Waals surface area contributed by atoms with Crippen LogP contribution in [0.3, 0.4) is 0 Å². The Morgan fingerprint density at radius 2 is 1.83 bits per heavy atom. The normalized spacial score (nSPS) is 21.2. The van der Waals surface area contributed by atoms with Crippen LogP contribution in [-0.4, -0.2) is 57.9 Å². The number of piperidine rings is 2. The van der Waals surface area contributed by atoms with Crippen molar-refractivity contribution < 1.29 is 9.53 Å². The average Bonchev–Trinajstić information content (AvgIpc) is 2.74. The maximum absolute atomic E-state index is 11.6. The lowest BCUT2D eigenvalue weighted by atomic mass is 9.93. The zero-order valence-electron chi connectivity index (χ0n) is 17.4. The highest BCUT2D eigenvalue weighted by Crippen LogP contribution is 2.30. The molecule has 0 bridgehead atoms. The highest BCUT2D eigenvalue weighted by atomic mass is 16.5. The van der Waals surface area contributed by atoms with Crippen LogP contribution in [0.15, 0.2) is 36.4 Å². The molecule has 4 rings (SSSR count). The summed E-state index contributed by atoms with van der Waals surface area (Å²) in [6, 6.07) is 12.2. The second-order valence-corrected chi connectivity index (χ2v) is 8.19. The molecule has 1 aromatic heterocycles. The first-order chi connectivity index (χ1) is 14.1. The summed E-state index contributed by atoms with van der Waals surface area (Å²) in [6.45, 7) is 7.52. The van der Waals surface area contributed by atoms with E-state index >= 15 is 0 Å².